The van der Waals surface area contributed by atoms with Crippen LogP contribution < -0.4 is 15.0 Å². The van der Waals surface area contributed by atoms with Crippen LogP contribution in [0.2, 0.25) is 0 Å². The summed E-state index contributed by atoms with van der Waals surface area (Å²) in [5, 5.41) is 9.42. The molecule has 0 aromatic heterocycles. The summed E-state index contributed by atoms with van der Waals surface area (Å²) in [6, 6.07) is 23.1. The Balaban J connectivity index is 0.00000380. The largest absolute Gasteiger partial charge is 0.497 e. The molecule has 37 heavy (non-hydrogen) atoms. The zero-order valence-electron chi connectivity index (χ0n) is 20.5. The molecule has 1 aliphatic rings. The molecule has 0 radical (unpaired) electrons. The first-order chi connectivity index (χ1) is 17.3. The van der Waals surface area contributed by atoms with Crippen LogP contribution in [0.4, 0.5) is 0 Å². The molecule has 1 fully saturated rings. The van der Waals surface area contributed by atoms with Gasteiger partial charge in [0.25, 0.3) is 5.91 Å². The molecule has 1 aliphatic heterocycles. The maximum atomic E-state index is 13.3. The lowest BCUT2D eigenvalue weighted by atomic mass is 9.79. The number of piperidine rings is 1. The molecule has 0 aliphatic carbocycles. The van der Waals surface area contributed by atoms with Crippen LogP contribution in [0, 0.1) is 5.41 Å². The van der Waals surface area contributed by atoms with E-state index in [9.17, 15) is 18.4 Å². The third-order valence-corrected chi connectivity index (χ3v) is 8.49. The fourth-order valence-electron chi connectivity index (χ4n) is 4.51. The summed E-state index contributed by atoms with van der Waals surface area (Å²) >= 11 is 0. The number of nitrogens with one attached hydrogen (secondary N) is 1. The van der Waals surface area contributed by atoms with Crippen molar-refractivity contribution in [1.82, 2.24) is 10.4 Å². The number of rotatable bonds is 9. The number of para-hydroxylation sites is 1. The molecule has 8 nitrogen and oxygen atoms in total. The highest BCUT2D eigenvalue weighted by atomic mass is 35.5. The monoisotopic (exact) mass is 546 g/mol. The van der Waals surface area contributed by atoms with E-state index in [0.29, 0.717) is 44.0 Å². The van der Waals surface area contributed by atoms with Crippen molar-refractivity contribution < 1.29 is 27.9 Å². The summed E-state index contributed by atoms with van der Waals surface area (Å²) in [5.74, 6) is 0.861. The van der Waals surface area contributed by atoms with Crippen LogP contribution in [0.1, 0.15) is 18.4 Å². The number of methoxy groups -OCH3 is 1. The molecule has 4 rings (SSSR count). The molecule has 0 spiro atoms. The van der Waals surface area contributed by atoms with Crippen LogP contribution in [-0.2, 0) is 21.2 Å². The van der Waals surface area contributed by atoms with Crippen molar-refractivity contribution in [1.29, 1.82) is 0 Å². The van der Waals surface area contributed by atoms with E-state index in [2.05, 4.69) is 4.90 Å². The molecule has 0 bridgehead atoms. The van der Waals surface area contributed by atoms with Gasteiger partial charge in [0, 0.05) is 6.54 Å². The molecule has 10 heteroatoms. The van der Waals surface area contributed by atoms with E-state index in [1.807, 2.05) is 54.6 Å². The van der Waals surface area contributed by atoms with Gasteiger partial charge < -0.3 is 9.47 Å². The fourth-order valence-corrected chi connectivity index (χ4v) is 6.38. The van der Waals surface area contributed by atoms with E-state index in [4.69, 9.17) is 9.47 Å². The smallest absolute Gasteiger partial charge is 0.250 e. The van der Waals surface area contributed by atoms with Crippen molar-refractivity contribution in [3.8, 4) is 17.2 Å². The maximum Gasteiger partial charge on any atom is 0.250 e. The number of benzene rings is 3. The number of hydroxylamine groups is 1. The molecule has 198 valence electrons. The molecule has 0 unspecified atom stereocenters. The highest BCUT2D eigenvalue weighted by Crippen LogP contribution is 2.36. The number of likely N-dealkylation sites (tertiary alicyclic amines) is 1. The van der Waals surface area contributed by atoms with Crippen LogP contribution >= 0.6 is 12.4 Å². The zero-order chi connectivity index (χ0) is 25.6. The van der Waals surface area contributed by atoms with E-state index in [-0.39, 0.29) is 17.3 Å². The van der Waals surface area contributed by atoms with Gasteiger partial charge in [-0.05, 0) is 80.0 Å². The Hall–Kier alpha value is -3.11. The minimum atomic E-state index is -3.81. The third-order valence-electron chi connectivity index (χ3n) is 6.56. The summed E-state index contributed by atoms with van der Waals surface area (Å²) in [4.78, 5) is 15.0. The number of amides is 1. The van der Waals surface area contributed by atoms with Gasteiger partial charge in [0.2, 0.25) is 0 Å². The summed E-state index contributed by atoms with van der Waals surface area (Å²) in [7, 11) is -2.19. The Morgan fingerprint density at radius 1 is 0.946 bits per heavy atom. The Morgan fingerprint density at radius 3 is 2.19 bits per heavy atom. The van der Waals surface area contributed by atoms with Crippen molar-refractivity contribution in [2.45, 2.75) is 24.3 Å². The van der Waals surface area contributed by atoms with Gasteiger partial charge in [-0.15, -0.1) is 12.4 Å². The standard InChI is InChI=1S/C27H30N2O6S.ClH/c1-34-24-9-5-6-21(18-24)19-29-16-14-27(15-17-29,26(30)28-31)20-36(32,33)25-12-10-23(11-13-25)35-22-7-3-2-4-8-22;/h2-13,18,31H,14-17,19-20H2,1H3,(H,28,30);1H. The first-order valence-corrected chi connectivity index (χ1v) is 13.3. The summed E-state index contributed by atoms with van der Waals surface area (Å²) in [6.07, 6.45) is 0.607. The number of carbonyl (C=O) groups is 1. The number of ether oxygens (including phenoxy) is 2. The Morgan fingerprint density at radius 2 is 1.57 bits per heavy atom. The van der Waals surface area contributed by atoms with Gasteiger partial charge in [-0.1, -0.05) is 30.3 Å². The molecule has 1 saturated heterocycles. The molecule has 3 aromatic rings. The number of hydrogen-bond acceptors (Lipinski definition) is 7. The van der Waals surface area contributed by atoms with Gasteiger partial charge in [-0.3, -0.25) is 14.9 Å². The first-order valence-electron chi connectivity index (χ1n) is 11.7. The van der Waals surface area contributed by atoms with E-state index in [1.165, 1.54) is 12.1 Å². The van der Waals surface area contributed by atoms with Crippen LogP contribution in [-0.4, -0.2) is 50.4 Å². The molecule has 2 N–H and O–H groups in total. The molecule has 0 atom stereocenters. The van der Waals surface area contributed by atoms with Crippen molar-refractivity contribution >= 4 is 28.2 Å². The van der Waals surface area contributed by atoms with Gasteiger partial charge in [-0.2, -0.15) is 0 Å². The molecular weight excluding hydrogens is 516 g/mol. The highest BCUT2D eigenvalue weighted by Gasteiger charge is 2.45. The van der Waals surface area contributed by atoms with E-state index in [0.717, 1.165) is 11.3 Å². The number of hydrogen-bond donors (Lipinski definition) is 2. The maximum absolute atomic E-state index is 13.3. The zero-order valence-corrected chi connectivity index (χ0v) is 22.1. The minimum Gasteiger partial charge on any atom is -0.497 e. The fraction of sp³-hybridized carbons (Fsp3) is 0.296. The van der Waals surface area contributed by atoms with Gasteiger partial charge in [0.1, 0.15) is 17.2 Å². The average Bonchev–Trinajstić information content (AvgIpc) is 2.90. The molecule has 3 aromatic carbocycles. The summed E-state index contributed by atoms with van der Waals surface area (Å²) in [6.45, 7) is 1.69. The second kappa shape index (κ2) is 12.4. The Labute approximate surface area is 223 Å². The van der Waals surface area contributed by atoms with E-state index >= 15 is 0 Å². The van der Waals surface area contributed by atoms with Crippen molar-refractivity contribution in [3.05, 3.63) is 84.4 Å². The van der Waals surface area contributed by atoms with Crippen LogP contribution in [0.25, 0.3) is 0 Å². The van der Waals surface area contributed by atoms with Gasteiger partial charge >= 0.3 is 0 Å². The molecule has 1 amide bonds. The summed E-state index contributed by atoms with van der Waals surface area (Å²) < 4.78 is 37.6. The number of nitrogens with zero attached hydrogens (tertiary/aromatic N) is 1. The van der Waals surface area contributed by atoms with Crippen molar-refractivity contribution in [2.24, 2.45) is 5.41 Å². The molecule has 0 saturated carbocycles. The van der Waals surface area contributed by atoms with E-state index < -0.39 is 26.9 Å². The lowest BCUT2D eigenvalue weighted by Gasteiger charge is -2.39. The van der Waals surface area contributed by atoms with Crippen molar-refractivity contribution in [3.63, 3.8) is 0 Å². The first kappa shape index (κ1) is 28.5. The minimum absolute atomic E-state index is 0. The lowest BCUT2D eigenvalue weighted by molar-refractivity contribution is -0.141. The summed E-state index contributed by atoms with van der Waals surface area (Å²) in [5.41, 5.74) is 1.55. The van der Waals surface area contributed by atoms with Crippen LogP contribution in [0.15, 0.2) is 83.8 Å². The number of sulfone groups is 1. The Kier molecular flexibility index (Phi) is 9.56. The Bertz CT molecular complexity index is 1280. The SMILES string of the molecule is COc1cccc(CN2CCC(CS(=O)(=O)c3ccc(Oc4ccccc4)cc3)(C(=O)NO)CC2)c1.Cl. The normalized spacial score (nSPS) is 15.3. The number of halogens is 1. The lowest BCUT2D eigenvalue weighted by Crippen LogP contribution is -2.51. The average molecular weight is 547 g/mol. The second-order valence-corrected chi connectivity index (χ2v) is 11.0. The predicted molar refractivity (Wildman–Crippen MR) is 142 cm³/mol. The molecule has 1 heterocycles. The second-order valence-electron chi connectivity index (χ2n) is 8.99. The predicted octanol–water partition coefficient (Wildman–Crippen LogP) is 4.47. The molecular formula is C27H31ClN2O6S. The topological polar surface area (TPSA) is 105 Å². The third kappa shape index (κ3) is 7.01. The van der Waals surface area contributed by atoms with Gasteiger partial charge in [0.15, 0.2) is 9.84 Å². The van der Waals surface area contributed by atoms with Crippen LogP contribution in [0.3, 0.4) is 0 Å². The quantitative estimate of drug-likeness (QED) is 0.301. The van der Waals surface area contributed by atoms with Crippen LogP contribution in [0.5, 0.6) is 17.2 Å². The van der Waals surface area contributed by atoms with E-state index in [1.54, 1.807) is 24.7 Å². The highest BCUT2D eigenvalue weighted by molar-refractivity contribution is 7.91. The van der Waals surface area contributed by atoms with Gasteiger partial charge in [-0.25, -0.2) is 13.9 Å². The van der Waals surface area contributed by atoms with Crippen molar-refractivity contribution in [2.75, 3.05) is 26.0 Å². The number of carbonyl (C=O) groups excluding carboxylic acids is 1. The van der Waals surface area contributed by atoms with Gasteiger partial charge in [0.05, 0.1) is 23.2 Å².